The van der Waals surface area contributed by atoms with Crippen molar-refractivity contribution in [2.75, 3.05) is 13.1 Å². The lowest BCUT2D eigenvalue weighted by Gasteiger charge is -2.34. The number of benzene rings is 1. The van der Waals surface area contributed by atoms with Crippen LogP contribution in [0.25, 0.3) is 22.8 Å². The van der Waals surface area contributed by atoms with Crippen molar-refractivity contribution < 1.29 is 12.9 Å². The minimum absolute atomic E-state index is 0.284. The van der Waals surface area contributed by atoms with E-state index in [0.717, 1.165) is 12.0 Å². The molecule has 2 aromatic heterocycles. The van der Waals surface area contributed by atoms with Gasteiger partial charge in [0, 0.05) is 36.6 Å². The number of hydrogen-bond acceptors (Lipinski definition) is 6. The van der Waals surface area contributed by atoms with Crippen molar-refractivity contribution in [2.24, 2.45) is 11.8 Å². The molecular weight excluding hydrogens is 376 g/mol. The zero-order chi connectivity index (χ0) is 19.7. The molecule has 3 aromatic rings. The second kappa shape index (κ2) is 7.44. The Bertz CT molecular complexity index is 1040. The second-order valence-corrected chi connectivity index (χ2v) is 9.39. The van der Waals surface area contributed by atoms with E-state index in [1.807, 2.05) is 0 Å². The Morgan fingerprint density at radius 2 is 1.61 bits per heavy atom. The fraction of sp³-hybridized carbons (Fsp3) is 0.350. The predicted octanol–water partition coefficient (Wildman–Crippen LogP) is 3.47. The van der Waals surface area contributed by atoms with E-state index in [9.17, 15) is 8.42 Å². The van der Waals surface area contributed by atoms with Gasteiger partial charge >= 0.3 is 0 Å². The van der Waals surface area contributed by atoms with Gasteiger partial charge in [-0.3, -0.25) is 4.98 Å². The molecule has 1 aliphatic heterocycles. The van der Waals surface area contributed by atoms with E-state index in [2.05, 4.69) is 29.0 Å². The normalized spacial score (nSPS) is 20.9. The minimum atomic E-state index is -3.50. The van der Waals surface area contributed by atoms with Gasteiger partial charge in [-0.05, 0) is 54.7 Å². The molecule has 8 heteroatoms. The number of rotatable bonds is 4. The molecule has 28 heavy (non-hydrogen) atoms. The Morgan fingerprint density at radius 1 is 0.964 bits per heavy atom. The smallest absolute Gasteiger partial charge is 0.258 e. The van der Waals surface area contributed by atoms with Gasteiger partial charge in [-0.15, -0.1) is 0 Å². The van der Waals surface area contributed by atoms with Crippen LogP contribution in [0.3, 0.4) is 0 Å². The summed E-state index contributed by atoms with van der Waals surface area (Å²) in [5, 5.41) is 3.98. The number of nitrogens with zero attached hydrogens (tertiary/aromatic N) is 4. The third kappa shape index (κ3) is 3.70. The summed E-state index contributed by atoms with van der Waals surface area (Å²) < 4.78 is 32.9. The Labute approximate surface area is 164 Å². The number of piperidine rings is 1. The van der Waals surface area contributed by atoms with Gasteiger partial charge in [0.15, 0.2) is 0 Å². The van der Waals surface area contributed by atoms with Crippen molar-refractivity contribution in [1.29, 1.82) is 0 Å². The van der Waals surface area contributed by atoms with Crippen LogP contribution in [0, 0.1) is 11.8 Å². The highest BCUT2D eigenvalue weighted by atomic mass is 32.2. The second-order valence-electron chi connectivity index (χ2n) is 7.45. The molecule has 1 saturated heterocycles. The van der Waals surface area contributed by atoms with Crippen LogP contribution in [-0.4, -0.2) is 40.9 Å². The molecule has 0 N–H and O–H groups in total. The first-order chi connectivity index (χ1) is 13.4. The van der Waals surface area contributed by atoms with E-state index < -0.39 is 10.0 Å². The highest BCUT2D eigenvalue weighted by molar-refractivity contribution is 7.89. The topological polar surface area (TPSA) is 89.2 Å². The Hall–Kier alpha value is -2.58. The molecular formula is C20H22N4O3S. The van der Waals surface area contributed by atoms with Gasteiger partial charge in [-0.2, -0.15) is 9.29 Å². The maximum atomic E-state index is 13.0. The zero-order valence-corrected chi connectivity index (χ0v) is 16.6. The summed E-state index contributed by atoms with van der Waals surface area (Å²) in [7, 11) is -3.50. The summed E-state index contributed by atoms with van der Waals surface area (Å²) in [5.74, 6) is 1.53. The fourth-order valence-corrected chi connectivity index (χ4v) is 5.36. The van der Waals surface area contributed by atoms with Crippen LogP contribution in [0.15, 0.2) is 58.2 Å². The van der Waals surface area contributed by atoms with Crippen molar-refractivity contribution in [3.63, 3.8) is 0 Å². The molecule has 7 nitrogen and oxygen atoms in total. The van der Waals surface area contributed by atoms with Gasteiger partial charge < -0.3 is 4.52 Å². The van der Waals surface area contributed by atoms with Crippen molar-refractivity contribution in [2.45, 2.75) is 25.2 Å². The number of hydrogen-bond donors (Lipinski definition) is 0. The van der Waals surface area contributed by atoms with Crippen molar-refractivity contribution >= 4 is 10.0 Å². The molecule has 2 atom stereocenters. The monoisotopic (exact) mass is 398 g/mol. The van der Waals surface area contributed by atoms with E-state index in [1.54, 1.807) is 53.1 Å². The molecule has 1 aliphatic rings. The number of aromatic nitrogens is 3. The molecule has 0 aliphatic carbocycles. The maximum absolute atomic E-state index is 13.0. The first-order valence-corrected chi connectivity index (χ1v) is 10.7. The Morgan fingerprint density at radius 3 is 2.25 bits per heavy atom. The third-order valence-electron chi connectivity index (χ3n) is 4.94. The molecule has 1 fully saturated rings. The first-order valence-electron chi connectivity index (χ1n) is 9.28. The zero-order valence-electron chi connectivity index (χ0n) is 15.8. The molecule has 146 valence electrons. The summed E-state index contributed by atoms with van der Waals surface area (Å²) in [6.07, 6.45) is 4.38. The van der Waals surface area contributed by atoms with E-state index in [0.29, 0.717) is 42.2 Å². The van der Waals surface area contributed by atoms with Crippen LogP contribution < -0.4 is 0 Å². The van der Waals surface area contributed by atoms with Gasteiger partial charge in [0.05, 0.1) is 4.90 Å². The Kier molecular flexibility index (Phi) is 4.99. The van der Waals surface area contributed by atoms with E-state index in [4.69, 9.17) is 4.52 Å². The van der Waals surface area contributed by atoms with Gasteiger partial charge in [0.25, 0.3) is 5.89 Å². The van der Waals surface area contributed by atoms with Crippen molar-refractivity contribution in [3.05, 3.63) is 48.8 Å². The van der Waals surface area contributed by atoms with Crippen LogP contribution >= 0.6 is 0 Å². The van der Waals surface area contributed by atoms with E-state index in [1.165, 1.54) is 0 Å². The lowest BCUT2D eigenvalue weighted by Crippen LogP contribution is -2.42. The van der Waals surface area contributed by atoms with Gasteiger partial charge in [-0.25, -0.2) is 8.42 Å². The van der Waals surface area contributed by atoms with Crippen LogP contribution in [0.2, 0.25) is 0 Å². The molecule has 4 rings (SSSR count). The molecule has 0 radical (unpaired) electrons. The quantitative estimate of drug-likeness (QED) is 0.669. The molecule has 0 amide bonds. The van der Waals surface area contributed by atoms with Crippen LogP contribution in [0.4, 0.5) is 0 Å². The minimum Gasteiger partial charge on any atom is -0.334 e. The summed E-state index contributed by atoms with van der Waals surface area (Å²) >= 11 is 0. The van der Waals surface area contributed by atoms with Crippen molar-refractivity contribution in [3.8, 4) is 22.8 Å². The third-order valence-corrected chi connectivity index (χ3v) is 6.78. The number of sulfonamides is 1. The van der Waals surface area contributed by atoms with E-state index in [-0.39, 0.29) is 4.90 Å². The standard InChI is InChI=1S/C20H22N4O3S/c1-14-11-15(2)13-24(12-14)28(25,26)18-5-3-17(4-6-18)20-22-19(23-27-20)16-7-9-21-10-8-16/h3-10,14-15H,11-13H2,1-2H3/t14-,15-/m1/s1. The highest BCUT2D eigenvalue weighted by Gasteiger charge is 2.31. The van der Waals surface area contributed by atoms with Crippen molar-refractivity contribution in [1.82, 2.24) is 19.4 Å². The van der Waals surface area contributed by atoms with Crippen LogP contribution in [0.5, 0.6) is 0 Å². The summed E-state index contributed by atoms with van der Waals surface area (Å²) in [5.41, 5.74) is 1.48. The average Bonchev–Trinajstić information content (AvgIpc) is 3.18. The molecule has 1 aromatic carbocycles. The first kappa shape index (κ1) is 18.8. The summed E-state index contributed by atoms with van der Waals surface area (Å²) in [6.45, 7) is 5.31. The predicted molar refractivity (Wildman–Crippen MR) is 105 cm³/mol. The molecule has 0 bridgehead atoms. The highest BCUT2D eigenvalue weighted by Crippen LogP contribution is 2.28. The summed E-state index contributed by atoms with van der Waals surface area (Å²) in [4.78, 5) is 8.64. The van der Waals surface area contributed by atoms with Gasteiger partial charge in [-0.1, -0.05) is 19.0 Å². The summed E-state index contributed by atoms with van der Waals surface area (Å²) in [6, 6.07) is 10.2. The molecule has 0 unspecified atom stereocenters. The SMILES string of the molecule is C[C@@H]1C[C@@H](C)CN(S(=O)(=O)c2ccc(-c3nc(-c4ccncc4)no3)cc2)C1. The molecule has 3 heterocycles. The lowest BCUT2D eigenvalue weighted by molar-refractivity contribution is 0.222. The number of pyridine rings is 1. The molecule has 0 saturated carbocycles. The average molecular weight is 398 g/mol. The van der Waals surface area contributed by atoms with Gasteiger partial charge in [0.2, 0.25) is 15.8 Å². The van der Waals surface area contributed by atoms with Crippen LogP contribution in [-0.2, 0) is 10.0 Å². The fourth-order valence-electron chi connectivity index (χ4n) is 3.68. The van der Waals surface area contributed by atoms with E-state index >= 15 is 0 Å². The van der Waals surface area contributed by atoms with Crippen LogP contribution in [0.1, 0.15) is 20.3 Å². The lowest BCUT2D eigenvalue weighted by atomic mass is 9.94. The molecule has 0 spiro atoms. The van der Waals surface area contributed by atoms with Gasteiger partial charge in [0.1, 0.15) is 0 Å². The largest absolute Gasteiger partial charge is 0.334 e. The maximum Gasteiger partial charge on any atom is 0.258 e. The Balaban J connectivity index is 1.57.